The second-order valence-electron chi connectivity index (χ2n) is 8.72. The molecule has 1 aliphatic heterocycles. The van der Waals surface area contributed by atoms with Crippen molar-refractivity contribution >= 4 is 11.9 Å². The number of carbonyl (C=O) groups is 1. The first kappa shape index (κ1) is 23.4. The smallest absolute Gasteiger partial charge is 0.225 e. The molecule has 1 amide bonds. The number of rotatable bonds is 8. The first-order valence-electron chi connectivity index (χ1n) is 11.7. The number of piperazine rings is 1. The molecule has 0 aromatic heterocycles. The van der Waals surface area contributed by atoms with Gasteiger partial charge in [0, 0.05) is 52.2 Å². The van der Waals surface area contributed by atoms with Crippen molar-refractivity contribution in [1.82, 2.24) is 20.4 Å². The van der Waals surface area contributed by atoms with E-state index < -0.39 is 0 Å². The van der Waals surface area contributed by atoms with Crippen LogP contribution in [-0.2, 0) is 4.79 Å². The van der Waals surface area contributed by atoms with Gasteiger partial charge < -0.3 is 20.3 Å². The van der Waals surface area contributed by atoms with Gasteiger partial charge in [-0.3, -0.25) is 14.7 Å². The average Bonchev–Trinajstić information content (AvgIpc) is 3.32. The molecule has 1 saturated heterocycles. The van der Waals surface area contributed by atoms with E-state index in [-0.39, 0.29) is 6.10 Å². The molecule has 1 heterocycles. The minimum atomic E-state index is 0.0325. The fourth-order valence-electron chi connectivity index (χ4n) is 4.36. The van der Waals surface area contributed by atoms with Crippen LogP contribution in [0.3, 0.4) is 0 Å². The molecule has 0 bridgehead atoms. The number of guanidine groups is 1. The SMILES string of the molecule is CN=C(NCCN1CCN(C(=O)C2CCCC2)CC1)NCC(C)Oc1ccccc1C. The molecule has 2 fully saturated rings. The lowest BCUT2D eigenvalue weighted by Crippen LogP contribution is -2.52. The minimum absolute atomic E-state index is 0.0325. The summed E-state index contributed by atoms with van der Waals surface area (Å²) in [5, 5.41) is 6.73. The molecular weight excluding hydrogens is 390 g/mol. The Balaban J connectivity index is 1.30. The van der Waals surface area contributed by atoms with Crippen molar-refractivity contribution in [2.45, 2.75) is 45.6 Å². The van der Waals surface area contributed by atoms with Crippen molar-refractivity contribution in [3.8, 4) is 5.75 Å². The number of carbonyl (C=O) groups excluding carboxylic acids is 1. The zero-order valence-electron chi connectivity index (χ0n) is 19.4. The summed E-state index contributed by atoms with van der Waals surface area (Å²) in [6.45, 7) is 10.2. The van der Waals surface area contributed by atoms with Crippen molar-refractivity contribution in [2.24, 2.45) is 10.9 Å². The Morgan fingerprint density at radius 3 is 2.55 bits per heavy atom. The number of para-hydroxylation sites is 1. The normalized spacial score (nSPS) is 19.3. The molecule has 7 nitrogen and oxygen atoms in total. The Morgan fingerprint density at radius 1 is 1.16 bits per heavy atom. The number of nitrogens with one attached hydrogen (secondary N) is 2. The van der Waals surface area contributed by atoms with E-state index in [4.69, 9.17) is 4.74 Å². The van der Waals surface area contributed by atoms with Gasteiger partial charge in [0.05, 0.1) is 6.54 Å². The van der Waals surface area contributed by atoms with Gasteiger partial charge in [-0.25, -0.2) is 0 Å². The van der Waals surface area contributed by atoms with Crippen LogP contribution in [0.4, 0.5) is 0 Å². The molecule has 1 aromatic rings. The summed E-state index contributed by atoms with van der Waals surface area (Å²) in [5.41, 5.74) is 1.14. The second kappa shape index (κ2) is 11.9. The van der Waals surface area contributed by atoms with E-state index in [9.17, 15) is 4.79 Å². The highest BCUT2D eigenvalue weighted by Crippen LogP contribution is 2.26. The van der Waals surface area contributed by atoms with Crippen LogP contribution >= 0.6 is 0 Å². The third-order valence-electron chi connectivity index (χ3n) is 6.31. The third-order valence-corrected chi connectivity index (χ3v) is 6.31. The van der Waals surface area contributed by atoms with Crippen molar-refractivity contribution in [1.29, 1.82) is 0 Å². The first-order chi connectivity index (χ1) is 15.1. The fraction of sp³-hybridized carbons (Fsp3) is 0.667. The quantitative estimate of drug-likeness (QED) is 0.490. The van der Waals surface area contributed by atoms with E-state index >= 15 is 0 Å². The van der Waals surface area contributed by atoms with Crippen molar-refractivity contribution < 1.29 is 9.53 Å². The molecule has 2 aliphatic rings. The Morgan fingerprint density at radius 2 is 1.87 bits per heavy atom. The number of nitrogens with zero attached hydrogens (tertiary/aromatic N) is 3. The Bertz CT molecular complexity index is 724. The van der Waals surface area contributed by atoms with Gasteiger partial charge in [-0.15, -0.1) is 0 Å². The number of aliphatic imine (C=N–C) groups is 1. The highest BCUT2D eigenvalue weighted by molar-refractivity contribution is 5.80. The van der Waals surface area contributed by atoms with Crippen LogP contribution in [0.2, 0.25) is 0 Å². The van der Waals surface area contributed by atoms with E-state index in [1.165, 1.54) is 12.8 Å². The standard InChI is InChI=1S/C24H39N5O2/c1-19-8-4-7-11-22(19)31-20(2)18-27-24(25-3)26-12-13-28-14-16-29(17-15-28)23(30)21-9-5-6-10-21/h4,7-8,11,20-21H,5-6,9-10,12-18H2,1-3H3,(H2,25,26,27). The molecule has 31 heavy (non-hydrogen) atoms. The van der Waals surface area contributed by atoms with Gasteiger partial charge in [0.2, 0.25) is 5.91 Å². The van der Waals surface area contributed by atoms with Crippen LogP contribution in [0.25, 0.3) is 0 Å². The Labute approximate surface area is 187 Å². The van der Waals surface area contributed by atoms with Gasteiger partial charge in [0.15, 0.2) is 5.96 Å². The number of hydrogen-bond donors (Lipinski definition) is 2. The highest BCUT2D eigenvalue weighted by atomic mass is 16.5. The van der Waals surface area contributed by atoms with E-state index in [1.807, 2.05) is 18.2 Å². The molecule has 1 atom stereocenters. The van der Waals surface area contributed by atoms with Gasteiger partial charge in [0.1, 0.15) is 11.9 Å². The summed E-state index contributed by atoms with van der Waals surface area (Å²) < 4.78 is 6.02. The molecule has 7 heteroatoms. The Hall–Kier alpha value is -2.28. The summed E-state index contributed by atoms with van der Waals surface area (Å²) >= 11 is 0. The number of aryl methyl sites for hydroxylation is 1. The zero-order chi connectivity index (χ0) is 22.1. The molecular formula is C24H39N5O2. The Kier molecular flexibility index (Phi) is 9.00. The van der Waals surface area contributed by atoms with E-state index in [1.54, 1.807) is 7.05 Å². The molecule has 172 valence electrons. The lowest BCUT2D eigenvalue weighted by atomic mass is 10.1. The summed E-state index contributed by atoms with van der Waals surface area (Å²) in [7, 11) is 1.79. The molecule has 2 N–H and O–H groups in total. The number of ether oxygens (including phenoxy) is 1. The maximum absolute atomic E-state index is 12.6. The van der Waals surface area contributed by atoms with E-state index in [0.717, 1.165) is 69.4 Å². The summed E-state index contributed by atoms with van der Waals surface area (Å²) in [6.07, 6.45) is 4.64. The van der Waals surface area contributed by atoms with E-state index in [0.29, 0.717) is 18.4 Å². The molecule has 1 saturated carbocycles. The summed E-state index contributed by atoms with van der Waals surface area (Å²) in [5.74, 6) is 2.39. The number of benzene rings is 1. The fourth-order valence-corrected chi connectivity index (χ4v) is 4.36. The molecule has 0 spiro atoms. The molecule has 1 aromatic carbocycles. The molecule has 1 aliphatic carbocycles. The number of hydrogen-bond acceptors (Lipinski definition) is 4. The lowest BCUT2D eigenvalue weighted by Gasteiger charge is -2.36. The summed E-state index contributed by atoms with van der Waals surface area (Å²) in [4.78, 5) is 21.4. The first-order valence-corrected chi connectivity index (χ1v) is 11.7. The average molecular weight is 430 g/mol. The van der Waals surface area contributed by atoms with Crippen LogP contribution in [0.15, 0.2) is 29.3 Å². The van der Waals surface area contributed by atoms with Crippen LogP contribution in [0.1, 0.15) is 38.2 Å². The van der Waals surface area contributed by atoms with Crippen molar-refractivity contribution in [2.75, 3.05) is 52.9 Å². The van der Waals surface area contributed by atoms with Gasteiger partial charge in [-0.05, 0) is 38.3 Å². The van der Waals surface area contributed by atoms with E-state index in [2.05, 4.69) is 45.3 Å². The van der Waals surface area contributed by atoms with Gasteiger partial charge in [0.25, 0.3) is 0 Å². The topological polar surface area (TPSA) is 69.2 Å². The van der Waals surface area contributed by atoms with Crippen molar-refractivity contribution in [3.63, 3.8) is 0 Å². The monoisotopic (exact) mass is 429 g/mol. The van der Waals surface area contributed by atoms with Gasteiger partial charge in [-0.2, -0.15) is 0 Å². The zero-order valence-corrected chi connectivity index (χ0v) is 19.4. The predicted molar refractivity (Wildman–Crippen MR) is 126 cm³/mol. The number of amides is 1. The second-order valence-corrected chi connectivity index (χ2v) is 8.72. The highest BCUT2D eigenvalue weighted by Gasteiger charge is 2.29. The molecule has 3 rings (SSSR count). The van der Waals surface area contributed by atoms with Crippen LogP contribution in [0, 0.1) is 12.8 Å². The van der Waals surface area contributed by atoms with Gasteiger partial charge in [-0.1, -0.05) is 31.0 Å². The third kappa shape index (κ3) is 7.13. The molecule has 0 radical (unpaired) electrons. The van der Waals surface area contributed by atoms with Crippen LogP contribution in [-0.4, -0.2) is 80.6 Å². The van der Waals surface area contributed by atoms with Crippen molar-refractivity contribution in [3.05, 3.63) is 29.8 Å². The molecule has 1 unspecified atom stereocenters. The van der Waals surface area contributed by atoms with Gasteiger partial charge >= 0.3 is 0 Å². The predicted octanol–water partition coefficient (Wildman–Crippen LogP) is 2.26. The largest absolute Gasteiger partial charge is 0.489 e. The maximum atomic E-state index is 12.6. The summed E-state index contributed by atoms with van der Waals surface area (Å²) in [6, 6.07) is 8.07. The minimum Gasteiger partial charge on any atom is -0.489 e. The van der Waals surface area contributed by atoms with Crippen LogP contribution in [0.5, 0.6) is 5.75 Å². The van der Waals surface area contributed by atoms with Crippen LogP contribution < -0.4 is 15.4 Å². The lowest BCUT2D eigenvalue weighted by molar-refractivity contribution is -0.137. The maximum Gasteiger partial charge on any atom is 0.225 e.